The monoisotopic (exact) mass is 206 g/mol. The number of benzene rings is 1. The Labute approximate surface area is 75.0 Å². The van der Waals surface area contributed by atoms with E-state index in [-0.39, 0.29) is 11.5 Å². The molecule has 0 aromatic heterocycles. The van der Waals surface area contributed by atoms with E-state index in [0.29, 0.717) is 5.56 Å². The van der Waals surface area contributed by atoms with Crippen molar-refractivity contribution in [2.45, 2.75) is 5.75 Å². The summed E-state index contributed by atoms with van der Waals surface area (Å²) in [6, 6.07) is 6.17. The van der Waals surface area contributed by atoms with Crippen LogP contribution in [0, 0.1) is 0 Å². The van der Waals surface area contributed by atoms with Gasteiger partial charge in [0.2, 0.25) is 9.05 Å². The molecule has 12 heavy (non-hydrogen) atoms. The zero-order chi connectivity index (χ0) is 9.19. The number of hydrogen-bond acceptors (Lipinski definition) is 3. The number of aromatic hydroxyl groups is 1. The van der Waals surface area contributed by atoms with E-state index in [1.807, 2.05) is 0 Å². The Bertz CT molecular complexity index is 372. The van der Waals surface area contributed by atoms with Crippen LogP contribution in [0.25, 0.3) is 0 Å². The lowest BCUT2D eigenvalue weighted by Gasteiger charge is -1.99. The Morgan fingerprint density at radius 2 is 1.92 bits per heavy atom. The molecule has 0 saturated heterocycles. The van der Waals surface area contributed by atoms with Crippen LogP contribution in [0.1, 0.15) is 5.56 Å². The van der Waals surface area contributed by atoms with Gasteiger partial charge in [-0.2, -0.15) is 0 Å². The summed E-state index contributed by atoms with van der Waals surface area (Å²) in [4.78, 5) is 0. The van der Waals surface area contributed by atoms with E-state index in [1.165, 1.54) is 12.1 Å². The summed E-state index contributed by atoms with van der Waals surface area (Å²) in [5.74, 6) is -0.400. The number of halogens is 1. The van der Waals surface area contributed by atoms with Crippen LogP contribution in [0.15, 0.2) is 24.3 Å². The first-order chi connectivity index (χ1) is 5.49. The third-order valence-corrected chi connectivity index (χ3v) is 2.30. The van der Waals surface area contributed by atoms with Gasteiger partial charge in [-0.25, -0.2) is 8.42 Å². The van der Waals surface area contributed by atoms with Crippen molar-refractivity contribution in [2.24, 2.45) is 0 Å². The Hall–Kier alpha value is -0.740. The highest BCUT2D eigenvalue weighted by Gasteiger charge is 2.09. The quantitative estimate of drug-likeness (QED) is 0.746. The van der Waals surface area contributed by atoms with Crippen LogP contribution in [0.2, 0.25) is 0 Å². The van der Waals surface area contributed by atoms with E-state index < -0.39 is 9.05 Å². The van der Waals surface area contributed by atoms with Crippen LogP contribution in [-0.4, -0.2) is 13.5 Å². The van der Waals surface area contributed by atoms with Crippen molar-refractivity contribution >= 4 is 19.7 Å². The zero-order valence-electron chi connectivity index (χ0n) is 6.07. The second-order valence-corrected chi connectivity index (χ2v) is 5.09. The van der Waals surface area contributed by atoms with Gasteiger partial charge in [-0.1, -0.05) is 18.2 Å². The molecule has 1 aromatic carbocycles. The van der Waals surface area contributed by atoms with Gasteiger partial charge >= 0.3 is 0 Å². The number of phenolic OH excluding ortho intramolecular Hbond substituents is 1. The Morgan fingerprint density at radius 1 is 1.33 bits per heavy atom. The van der Waals surface area contributed by atoms with Gasteiger partial charge in [-0.15, -0.1) is 0 Å². The molecule has 0 spiro atoms. The lowest BCUT2D eigenvalue weighted by molar-refractivity contribution is 0.470. The summed E-state index contributed by atoms with van der Waals surface area (Å²) >= 11 is 0. The fraction of sp³-hybridized carbons (Fsp3) is 0.143. The molecular formula is C7H7ClO3S. The predicted octanol–water partition coefficient (Wildman–Crippen LogP) is 1.46. The lowest BCUT2D eigenvalue weighted by atomic mass is 10.2. The van der Waals surface area contributed by atoms with Gasteiger partial charge in [-0.05, 0) is 6.07 Å². The summed E-state index contributed by atoms with van der Waals surface area (Å²) in [5.41, 5.74) is 0.313. The van der Waals surface area contributed by atoms with Crippen LogP contribution >= 0.6 is 10.7 Å². The van der Waals surface area contributed by atoms with Crippen molar-refractivity contribution in [3.05, 3.63) is 29.8 Å². The molecule has 66 valence electrons. The molecule has 0 aliphatic carbocycles. The van der Waals surface area contributed by atoms with E-state index in [2.05, 4.69) is 0 Å². The van der Waals surface area contributed by atoms with Gasteiger partial charge in [0.25, 0.3) is 0 Å². The standard InChI is InChI=1S/C7H7ClO3S/c8-12(10,11)5-6-3-1-2-4-7(6)9/h1-4,9H,5H2. The molecule has 0 heterocycles. The average Bonchev–Trinajstić information content (AvgIpc) is 1.91. The summed E-state index contributed by atoms with van der Waals surface area (Å²) in [6.45, 7) is 0. The second kappa shape index (κ2) is 3.33. The van der Waals surface area contributed by atoms with Crippen LogP contribution in [0.4, 0.5) is 0 Å². The fourth-order valence-electron chi connectivity index (χ4n) is 0.819. The Balaban J connectivity index is 2.98. The molecule has 0 amide bonds. The molecule has 0 atom stereocenters. The first-order valence-electron chi connectivity index (χ1n) is 3.18. The molecule has 0 unspecified atom stereocenters. The van der Waals surface area contributed by atoms with Gasteiger partial charge in [0.15, 0.2) is 0 Å². The summed E-state index contributed by atoms with van der Waals surface area (Å²) in [6.07, 6.45) is 0. The van der Waals surface area contributed by atoms with Crippen LogP contribution in [0.3, 0.4) is 0 Å². The first kappa shape index (κ1) is 9.35. The molecule has 0 aliphatic heterocycles. The maximum Gasteiger partial charge on any atom is 0.236 e. The summed E-state index contributed by atoms with van der Waals surface area (Å²) in [7, 11) is 1.41. The summed E-state index contributed by atoms with van der Waals surface area (Å²) in [5, 5.41) is 9.15. The molecule has 0 aliphatic rings. The maximum absolute atomic E-state index is 10.6. The third kappa shape index (κ3) is 2.71. The normalized spacial score (nSPS) is 11.4. The minimum atomic E-state index is -3.59. The van der Waals surface area contributed by atoms with Gasteiger partial charge < -0.3 is 5.11 Å². The molecule has 3 nitrogen and oxygen atoms in total. The molecule has 5 heteroatoms. The average molecular weight is 207 g/mol. The minimum Gasteiger partial charge on any atom is -0.508 e. The fourth-order valence-corrected chi connectivity index (χ4v) is 1.79. The molecule has 1 N–H and O–H groups in total. The van der Waals surface area contributed by atoms with Crippen LogP contribution in [-0.2, 0) is 14.8 Å². The van der Waals surface area contributed by atoms with Gasteiger partial charge in [-0.3, -0.25) is 0 Å². The summed E-state index contributed by atoms with van der Waals surface area (Å²) < 4.78 is 21.2. The van der Waals surface area contributed by atoms with E-state index in [4.69, 9.17) is 15.8 Å². The zero-order valence-corrected chi connectivity index (χ0v) is 7.64. The van der Waals surface area contributed by atoms with Crippen molar-refractivity contribution in [1.82, 2.24) is 0 Å². The SMILES string of the molecule is O=S(=O)(Cl)Cc1ccccc1O. The predicted molar refractivity (Wildman–Crippen MR) is 46.6 cm³/mol. The Morgan fingerprint density at radius 3 is 2.42 bits per heavy atom. The largest absolute Gasteiger partial charge is 0.508 e. The molecule has 0 bridgehead atoms. The number of rotatable bonds is 2. The van der Waals surface area contributed by atoms with Crippen molar-refractivity contribution in [3.63, 3.8) is 0 Å². The van der Waals surface area contributed by atoms with Crippen molar-refractivity contribution in [2.75, 3.05) is 0 Å². The number of hydrogen-bond donors (Lipinski definition) is 1. The Kier molecular flexibility index (Phi) is 2.59. The van der Waals surface area contributed by atoms with Gasteiger partial charge in [0, 0.05) is 16.2 Å². The van der Waals surface area contributed by atoms with Gasteiger partial charge in [0.05, 0.1) is 5.75 Å². The third-order valence-electron chi connectivity index (χ3n) is 1.32. The molecular weight excluding hydrogens is 200 g/mol. The minimum absolute atomic E-state index is 0.0540. The highest BCUT2D eigenvalue weighted by Crippen LogP contribution is 2.19. The smallest absolute Gasteiger partial charge is 0.236 e. The lowest BCUT2D eigenvalue weighted by Crippen LogP contribution is -1.94. The maximum atomic E-state index is 10.6. The number of phenols is 1. The first-order valence-corrected chi connectivity index (χ1v) is 5.66. The molecule has 1 rings (SSSR count). The van der Waals surface area contributed by atoms with Crippen LogP contribution in [0.5, 0.6) is 5.75 Å². The van der Waals surface area contributed by atoms with Crippen molar-refractivity contribution in [1.29, 1.82) is 0 Å². The van der Waals surface area contributed by atoms with Crippen molar-refractivity contribution in [3.8, 4) is 5.75 Å². The van der Waals surface area contributed by atoms with E-state index in [9.17, 15) is 8.42 Å². The molecule has 0 fully saturated rings. The molecule has 0 radical (unpaired) electrons. The second-order valence-electron chi connectivity index (χ2n) is 2.31. The van der Waals surface area contributed by atoms with E-state index >= 15 is 0 Å². The van der Waals surface area contributed by atoms with Crippen LogP contribution < -0.4 is 0 Å². The topological polar surface area (TPSA) is 54.4 Å². The molecule has 0 saturated carbocycles. The number of para-hydroxylation sites is 1. The molecule has 1 aromatic rings. The van der Waals surface area contributed by atoms with E-state index in [0.717, 1.165) is 0 Å². The van der Waals surface area contributed by atoms with Gasteiger partial charge in [0.1, 0.15) is 5.75 Å². The van der Waals surface area contributed by atoms with Crippen molar-refractivity contribution < 1.29 is 13.5 Å². The van der Waals surface area contributed by atoms with E-state index in [1.54, 1.807) is 12.1 Å². The highest BCUT2D eigenvalue weighted by molar-refractivity contribution is 8.13. The highest BCUT2D eigenvalue weighted by atomic mass is 35.7.